The normalized spacial score (nSPS) is 21.8. The van der Waals surface area contributed by atoms with Gasteiger partial charge in [-0.15, -0.1) is 0 Å². The van der Waals surface area contributed by atoms with Crippen molar-refractivity contribution in [3.63, 3.8) is 0 Å². The van der Waals surface area contributed by atoms with Crippen LogP contribution in [0.2, 0.25) is 0 Å². The molecule has 2 atom stereocenters. The average Bonchev–Trinajstić information content (AvgIpc) is 2.81. The third-order valence-electron chi connectivity index (χ3n) is 3.06. The molecule has 0 aromatic carbocycles. The van der Waals surface area contributed by atoms with Gasteiger partial charge in [0.15, 0.2) is 9.84 Å². The lowest BCUT2D eigenvalue weighted by Gasteiger charge is -2.21. The third kappa shape index (κ3) is 3.00. The van der Waals surface area contributed by atoms with E-state index >= 15 is 0 Å². The van der Waals surface area contributed by atoms with Crippen molar-refractivity contribution < 1.29 is 13.2 Å². The van der Waals surface area contributed by atoms with Crippen LogP contribution in [0.5, 0.6) is 0 Å². The van der Waals surface area contributed by atoms with Crippen LogP contribution in [-0.2, 0) is 14.6 Å². The van der Waals surface area contributed by atoms with Crippen LogP contribution in [0.25, 0.3) is 0 Å². The Kier molecular flexibility index (Phi) is 3.87. The molecule has 100 valence electrons. The molecule has 0 aliphatic carbocycles. The summed E-state index contributed by atoms with van der Waals surface area (Å²) in [4.78, 5) is 4.34. The monoisotopic (exact) mass is 270 g/mol. The van der Waals surface area contributed by atoms with Crippen molar-refractivity contribution in [1.29, 1.82) is 0 Å². The molecule has 1 aliphatic heterocycles. The summed E-state index contributed by atoms with van der Waals surface area (Å²) >= 11 is 0. The number of hydrogen-bond acceptors (Lipinski definition) is 5. The largest absolute Gasteiger partial charge is 0.376 e. The quantitative estimate of drug-likeness (QED) is 0.897. The van der Waals surface area contributed by atoms with Crippen molar-refractivity contribution in [3.8, 4) is 0 Å². The summed E-state index contributed by atoms with van der Waals surface area (Å²) in [6.45, 7) is 2.76. The molecule has 0 radical (unpaired) electrons. The van der Waals surface area contributed by atoms with Crippen molar-refractivity contribution in [2.24, 2.45) is 0 Å². The summed E-state index contributed by atoms with van der Waals surface area (Å²) in [5, 5.41) is 3.14. The van der Waals surface area contributed by atoms with E-state index in [0.29, 0.717) is 5.82 Å². The first-order valence-corrected chi connectivity index (χ1v) is 7.91. The first kappa shape index (κ1) is 13.3. The number of anilines is 1. The lowest BCUT2D eigenvalue weighted by Crippen LogP contribution is -2.31. The molecular formula is C12H18N2O3S. The van der Waals surface area contributed by atoms with Gasteiger partial charge in [-0.1, -0.05) is 0 Å². The highest BCUT2D eigenvalue weighted by molar-refractivity contribution is 7.90. The van der Waals surface area contributed by atoms with Crippen LogP contribution in [0, 0.1) is 0 Å². The predicted molar refractivity (Wildman–Crippen MR) is 69.4 cm³/mol. The van der Waals surface area contributed by atoms with Gasteiger partial charge in [-0.05, 0) is 31.9 Å². The summed E-state index contributed by atoms with van der Waals surface area (Å²) in [7, 11) is -3.27. The highest BCUT2D eigenvalue weighted by Crippen LogP contribution is 2.22. The predicted octanol–water partition coefficient (Wildman–Crippen LogP) is 1.46. The number of ether oxygens (including phenoxy) is 1. The number of nitrogens with zero attached hydrogens (tertiary/aromatic N) is 1. The maximum Gasteiger partial charge on any atom is 0.179 e. The highest BCUT2D eigenvalue weighted by Gasteiger charge is 2.24. The van der Waals surface area contributed by atoms with Crippen LogP contribution < -0.4 is 5.32 Å². The summed E-state index contributed by atoms with van der Waals surface area (Å²) in [6, 6.07) is 3.23. The Labute approximate surface area is 107 Å². The van der Waals surface area contributed by atoms with Gasteiger partial charge < -0.3 is 10.1 Å². The first-order valence-electron chi connectivity index (χ1n) is 6.01. The molecule has 0 spiro atoms. The molecule has 1 aliphatic rings. The Balaban J connectivity index is 2.18. The molecule has 1 fully saturated rings. The highest BCUT2D eigenvalue weighted by atomic mass is 32.2. The van der Waals surface area contributed by atoms with E-state index in [9.17, 15) is 8.42 Å². The number of sulfone groups is 1. The maximum atomic E-state index is 11.6. The molecule has 1 saturated heterocycles. The van der Waals surface area contributed by atoms with Gasteiger partial charge in [0.25, 0.3) is 0 Å². The van der Waals surface area contributed by atoms with Gasteiger partial charge in [-0.2, -0.15) is 0 Å². The maximum absolute atomic E-state index is 11.6. The van der Waals surface area contributed by atoms with E-state index in [0.717, 1.165) is 19.4 Å². The fourth-order valence-corrected chi connectivity index (χ4v) is 2.89. The van der Waals surface area contributed by atoms with Gasteiger partial charge in [-0.3, -0.25) is 0 Å². The molecule has 6 heteroatoms. The Morgan fingerprint density at radius 3 is 2.94 bits per heavy atom. The molecule has 2 heterocycles. The van der Waals surface area contributed by atoms with Crippen molar-refractivity contribution >= 4 is 15.7 Å². The lowest BCUT2D eigenvalue weighted by atomic mass is 10.1. The SMILES string of the molecule is CC(Nc1ncccc1S(C)(=O)=O)C1CCCO1. The van der Waals surface area contributed by atoms with Gasteiger partial charge >= 0.3 is 0 Å². The zero-order valence-corrected chi connectivity index (χ0v) is 11.4. The van der Waals surface area contributed by atoms with E-state index in [-0.39, 0.29) is 17.0 Å². The third-order valence-corrected chi connectivity index (χ3v) is 4.19. The molecule has 2 rings (SSSR count). The Hall–Kier alpha value is -1.14. The molecular weight excluding hydrogens is 252 g/mol. The second-order valence-electron chi connectivity index (χ2n) is 4.61. The molecule has 2 unspecified atom stereocenters. The summed E-state index contributed by atoms with van der Waals surface area (Å²) in [5.41, 5.74) is 0. The first-order chi connectivity index (χ1) is 8.48. The van der Waals surface area contributed by atoms with E-state index in [1.807, 2.05) is 6.92 Å². The van der Waals surface area contributed by atoms with Crippen molar-refractivity contribution in [3.05, 3.63) is 18.3 Å². The summed E-state index contributed by atoms with van der Waals surface area (Å²) in [6.07, 6.45) is 4.94. The van der Waals surface area contributed by atoms with Gasteiger partial charge in [0.05, 0.1) is 12.1 Å². The molecule has 5 nitrogen and oxygen atoms in total. The molecule has 0 bridgehead atoms. The fourth-order valence-electron chi connectivity index (χ4n) is 2.10. The average molecular weight is 270 g/mol. The van der Waals surface area contributed by atoms with Gasteiger partial charge in [0.2, 0.25) is 0 Å². The second kappa shape index (κ2) is 5.24. The van der Waals surface area contributed by atoms with Crippen LogP contribution in [-0.4, -0.2) is 38.4 Å². The minimum atomic E-state index is -3.27. The van der Waals surface area contributed by atoms with Gasteiger partial charge in [0.1, 0.15) is 10.7 Å². The van der Waals surface area contributed by atoms with E-state index < -0.39 is 9.84 Å². The zero-order chi connectivity index (χ0) is 13.2. The van der Waals surface area contributed by atoms with Crippen LogP contribution in [0.3, 0.4) is 0 Å². The van der Waals surface area contributed by atoms with E-state index in [2.05, 4.69) is 10.3 Å². The minimum Gasteiger partial charge on any atom is -0.376 e. The van der Waals surface area contributed by atoms with Crippen LogP contribution in [0.1, 0.15) is 19.8 Å². The Bertz CT molecular complexity index is 510. The summed E-state index contributed by atoms with van der Waals surface area (Å²) < 4.78 is 28.9. The van der Waals surface area contributed by atoms with Gasteiger partial charge in [-0.25, -0.2) is 13.4 Å². The van der Waals surface area contributed by atoms with Crippen LogP contribution in [0.15, 0.2) is 23.2 Å². The smallest absolute Gasteiger partial charge is 0.179 e. The van der Waals surface area contributed by atoms with E-state index in [1.54, 1.807) is 18.3 Å². The molecule has 18 heavy (non-hydrogen) atoms. The number of nitrogens with one attached hydrogen (secondary N) is 1. The van der Waals surface area contributed by atoms with E-state index in [4.69, 9.17) is 4.74 Å². The van der Waals surface area contributed by atoms with Gasteiger partial charge in [0, 0.05) is 19.1 Å². The molecule has 1 aromatic heterocycles. The van der Waals surface area contributed by atoms with Crippen molar-refractivity contribution in [2.75, 3.05) is 18.2 Å². The van der Waals surface area contributed by atoms with Crippen molar-refractivity contribution in [2.45, 2.75) is 36.8 Å². The van der Waals surface area contributed by atoms with Crippen LogP contribution >= 0.6 is 0 Å². The minimum absolute atomic E-state index is 0.0444. The van der Waals surface area contributed by atoms with E-state index in [1.165, 1.54) is 6.26 Å². The molecule has 1 aromatic rings. The topological polar surface area (TPSA) is 68.3 Å². The molecule has 0 saturated carbocycles. The Morgan fingerprint density at radius 1 is 1.56 bits per heavy atom. The molecule has 1 N–H and O–H groups in total. The lowest BCUT2D eigenvalue weighted by molar-refractivity contribution is 0.0995. The number of hydrogen-bond donors (Lipinski definition) is 1. The number of rotatable bonds is 4. The second-order valence-corrected chi connectivity index (χ2v) is 6.59. The zero-order valence-electron chi connectivity index (χ0n) is 10.6. The van der Waals surface area contributed by atoms with Crippen LogP contribution in [0.4, 0.5) is 5.82 Å². The molecule has 0 amide bonds. The Morgan fingerprint density at radius 2 is 2.33 bits per heavy atom. The number of aromatic nitrogens is 1. The standard InChI is InChI=1S/C12H18N2O3S/c1-9(10-5-4-8-17-10)14-12-11(18(2,15)16)6-3-7-13-12/h3,6-7,9-10H,4-5,8H2,1-2H3,(H,13,14). The fraction of sp³-hybridized carbons (Fsp3) is 0.583. The van der Waals surface area contributed by atoms with Crippen molar-refractivity contribution in [1.82, 2.24) is 4.98 Å². The number of pyridine rings is 1. The summed E-state index contributed by atoms with van der Waals surface area (Å²) in [5.74, 6) is 0.406.